The molecule has 3 heteroatoms. The van der Waals surface area contributed by atoms with Crippen LogP contribution >= 0.6 is 0 Å². The first-order chi connectivity index (χ1) is 24.3. The Morgan fingerprint density at radius 1 is 0.286 bits per heavy atom. The molecule has 9 rings (SSSR count). The number of hydrogen-bond acceptors (Lipinski definition) is 3. The second-order valence-corrected chi connectivity index (χ2v) is 12.4. The maximum Gasteiger partial charge on any atom is 0.164 e. The van der Waals surface area contributed by atoms with Crippen molar-refractivity contribution in [1.29, 1.82) is 0 Å². The Labute approximate surface area is 286 Å². The van der Waals surface area contributed by atoms with Gasteiger partial charge in [0.15, 0.2) is 17.5 Å². The lowest BCUT2D eigenvalue weighted by Gasteiger charge is -2.15. The quantitative estimate of drug-likeness (QED) is 0.185. The van der Waals surface area contributed by atoms with Gasteiger partial charge in [-0.1, -0.05) is 152 Å². The fourth-order valence-electron chi connectivity index (χ4n) is 6.90. The summed E-state index contributed by atoms with van der Waals surface area (Å²) in [6.45, 7) is 0. The van der Waals surface area contributed by atoms with Gasteiger partial charge in [-0.15, -0.1) is 0 Å². The van der Waals surface area contributed by atoms with Crippen LogP contribution in [0.15, 0.2) is 176 Å². The highest BCUT2D eigenvalue weighted by molar-refractivity contribution is 5.91. The van der Waals surface area contributed by atoms with E-state index in [-0.39, 0.29) is 0 Å². The summed E-state index contributed by atoms with van der Waals surface area (Å²) in [5, 5.41) is 0. The van der Waals surface area contributed by atoms with Crippen molar-refractivity contribution in [2.24, 2.45) is 0 Å². The lowest BCUT2D eigenvalue weighted by Crippen LogP contribution is -2.00. The van der Waals surface area contributed by atoms with Crippen LogP contribution in [0.2, 0.25) is 0 Å². The van der Waals surface area contributed by atoms with Crippen molar-refractivity contribution in [2.45, 2.75) is 6.42 Å². The number of rotatable bonds is 6. The summed E-state index contributed by atoms with van der Waals surface area (Å²) in [7, 11) is 0. The molecule has 0 bridgehead atoms. The van der Waals surface area contributed by atoms with Gasteiger partial charge in [0.05, 0.1) is 0 Å². The highest BCUT2D eigenvalue weighted by Crippen LogP contribution is 2.46. The summed E-state index contributed by atoms with van der Waals surface area (Å²) >= 11 is 0. The van der Waals surface area contributed by atoms with Crippen molar-refractivity contribution in [3.05, 3.63) is 187 Å². The van der Waals surface area contributed by atoms with Gasteiger partial charge in [0.1, 0.15) is 0 Å². The van der Waals surface area contributed by atoms with Crippen molar-refractivity contribution < 1.29 is 0 Å². The molecule has 0 atom stereocenters. The molecular weight excluding hydrogens is 595 g/mol. The molecule has 0 spiro atoms. The molecule has 3 nitrogen and oxygen atoms in total. The van der Waals surface area contributed by atoms with Gasteiger partial charge in [-0.3, -0.25) is 0 Å². The Bertz CT molecular complexity index is 2380. The molecular formula is C46H31N3. The second kappa shape index (κ2) is 12.3. The van der Waals surface area contributed by atoms with Crippen molar-refractivity contribution in [3.8, 4) is 78.7 Å². The third kappa shape index (κ3) is 5.52. The van der Waals surface area contributed by atoms with Gasteiger partial charge in [0.25, 0.3) is 0 Å². The monoisotopic (exact) mass is 625 g/mol. The molecule has 49 heavy (non-hydrogen) atoms. The number of fused-ring (bicyclic) bond motifs is 3. The zero-order chi connectivity index (χ0) is 32.6. The highest BCUT2D eigenvalue weighted by atomic mass is 15.0. The van der Waals surface area contributed by atoms with Crippen molar-refractivity contribution >= 4 is 0 Å². The van der Waals surface area contributed by atoms with E-state index in [1.165, 1.54) is 50.1 Å². The maximum absolute atomic E-state index is 5.02. The van der Waals surface area contributed by atoms with Gasteiger partial charge in [0, 0.05) is 16.7 Å². The zero-order valence-electron chi connectivity index (χ0n) is 26.8. The summed E-state index contributed by atoms with van der Waals surface area (Å²) in [4.78, 5) is 14.9. The lowest BCUT2D eigenvalue weighted by atomic mass is 9.90. The average molecular weight is 626 g/mol. The summed E-state index contributed by atoms with van der Waals surface area (Å²) in [5.41, 5.74) is 15.4. The maximum atomic E-state index is 5.02. The smallest absolute Gasteiger partial charge is 0.164 e. The molecule has 0 unspecified atom stereocenters. The average Bonchev–Trinajstić information content (AvgIpc) is 3.57. The van der Waals surface area contributed by atoms with Crippen molar-refractivity contribution in [1.82, 2.24) is 15.0 Å². The molecule has 230 valence electrons. The minimum Gasteiger partial charge on any atom is -0.208 e. The molecule has 1 aliphatic rings. The van der Waals surface area contributed by atoms with Crippen LogP contribution in [0, 0.1) is 0 Å². The molecule has 0 radical (unpaired) electrons. The van der Waals surface area contributed by atoms with Gasteiger partial charge in [-0.2, -0.15) is 0 Å². The van der Waals surface area contributed by atoms with E-state index in [1.54, 1.807) is 0 Å². The van der Waals surface area contributed by atoms with E-state index >= 15 is 0 Å². The van der Waals surface area contributed by atoms with Crippen molar-refractivity contribution in [2.75, 3.05) is 0 Å². The fourth-order valence-corrected chi connectivity index (χ4v) is 6.90. The second-order valence-electron chi connectivity index (χ2n) is 12.4. The normalized spacial score (nSPS) is 11.6. The van der Waals surface area contributed by atoms with Crippen LogP contribution < -0.4 is 0 Å². The first kappa shape index (κ1) is 28.7. The van der Waals surface area contributed by atoms with Crippen LogP contribution in [-0.2, 0) is 6.42 Å². The summed E-state index contributed by atoms with van der Waals surface area (Å²) in [6.07, 6.45) is 0.885. The van der Waals surface area contributed by atoms with Crippen LogP contribution in [0.1, 0.15) is 11.1 Å². The van der Waals surface area contributed by atoms with Crippen LogP contribution in [0.5, 0.6) is 0 Å². The van der Waals surface area contributed by atoms with Crippen LogP contribution in [-0.4, -0.2) is 15.0 Å². The molecule has 1 aromatic heterocycles. The summed E-state index contributed by atoms with van der Waals surface area (Å²) in [5.74, 6) is 1.97. The molecule has 1 heterocycles. The van der Waals surface area contributed by atoms with Crippen LogP contribution in [0.3, 0.4) is 0 Å². The lowest BCUT2D eigenvalue weighted by molar-refractivity contribution is 1.07. The van der Waals surface area contributed by atoms with Gasteiger partial charge < -0.3 is 0 Å². The van der Waals surface area contributed by atoms with Crippen molar-refractivity contribution in [3.63, 3.8) is 0 Å². The Hall–Kier alpha value is -6.45. The predicted molar refractivity (Wildman–Crippen MR) is 201 cm³/mol. The fraction of sp³-hybridized carbons (Fsp3) is 0.0217. The zero-order valence-corrected chi connectivity index (χ0v) is 26.8. The molecule has 7 aromatic carbocycles. The summed E-state index contributed by atoms with van der Waals surface area (Å²) in [6, 6.07) is 61.9. The van der Waals surface area contributed by atoms with E-state index in [0.29, 0.717) is 17.5 Å². The predicted octanol–water partition coefficient (Wildman–Crippen LogP) is 11.4. The molecule has 0 saturated carbocycles. The number of aromatic nitrogens is 3. The van der Waals surface area contributed by atoms with Crippen LogP contribution in [0.25, 0.3) is 78.7 Å². The SMILES string of the molecule is c1ccc(-c2ccc3c(c2)-c2cc(-c4ccccc4)cc(-c4cccc(-c5nc(-c6ccccc6)nc(-c6ccccc6)n5)c4)c2C3)cc1. The first-order valence-corrected chi connectivity index (χ1v) is 16.7. The van der Waals surface area contributed by atoms with Gasteiger partial charge in [0.2, 0.25) is 0 Å². The minimum atomic E-state index is 0.654. The molecule has 0 fully saturated rings. The van der Waals surface area contributed by atoms with E-state index in [1.807, 2.05) is 60.7 Å². The standard InChI is InChI=1S/C46H31N3/c1-5-14-31(15-6-1)35-24-25-37-28-42-41(29-39(30-43(42)40(37)27-35)32-16-7-2-8-17-32)36-22-13-23-38(26-36)46-48-44(33-18-9-3-10-19-33)47-45(49-46)34-20-11-4-12-21-34/h1-27,29-30H,28H2. The Balaban J connectivity index is 1.21. The molecule has 8 aromatic rings. The Morgan fingerprint density at radius 3 is 1.33 bits per heavy atom. The van der Waals surface area contributed by atoms with E-state index in [9.17, 15) is 0 Å². The van der Waals surface area contributed by atoms with Crippen LogP contribution in [0.4, 0.5) is 0 Å². The molecule has 0 aliphatic heterocycles. The highest BCUT2D eigenvalue weighted by Gasteiger charge is 2.24. The Kier molecular flexibility index (Phi) is 7.21. The van der Waals surface area contributed by atoms with Gasteiger partial charge in [-0.05, 0) is 86.3 Å². The van der Waals surface area contributed by atoms with E-state index < -0.39 is 0 Å². The Morgan fingerprint density at radius 2 is 0.735 bits per heavy atom. The van der Waals surface area contributed by atoms with Gasteiger partial charge >= 0.3 is 0 Å². The van der Waals surface area contributed by atoms with E-state index in [4.69, 9.17) is 15.0 Å². The third-order valence-electron chi connectivity index (χ3n) is 9.36. The number of hydrogen-bond donors (Lipinski definition) is 0. The molecule has 0 saturated heterocycles. The summed E-state index contributed by atoms with van der Waals surface area (Å²) < 4.78 is 0. The largest absolute Gasteiger partial charge is 0.208 e. The first-order valence-electron chi connectivity index (χ1n) is 16.7. The molecule has 0 amide bonds. The van der Waals surface area contributed by atoms with E-state index in [2.05, 4.69) is 115 Å². The topological polar surface area (TPSA) is 38.7 Å². The minimum absolute atomic E-state index is 0.654. The third-order valence-corrected chi connectivity index (χ3v) is 9.36. The molecule has 1 aliphatic carbocycles. The molecule has 0 N–H and O–H groups in total. The van der Waals surface area contributed by atoms with E-state index in [0.717, 1.165) is 28.7 Å². The number of benzene rings is 7. The van der Waals surface area contributed by atoms with Gasteiger partial charge in [-0.25, -0.2) is 15.0 Å². The number of nitrogens with zero attached hydrogens (tertiary/aromatic N) is 3.